The van der Waals surface area contributed by atoms with Crippen LogP contribution < -0.4 is 0 Å². The Hall–Kier alpha value is -1.12. The molecule has 1 fully saturated rings. The molecule has 1 saturated heterocycles. The Balaban J connectivity index is 1.88. The lowest BCUT2D eigenvalue weighted by Gasteiger charge is -2.17. The van der Waals surface area contributed by atoms with Gasteiger partial charge in [-0.1, -0.05) is 69.4 Å². The zero-order valence-corrected chi connectivity index (χ0v) is 15.7. The molecule has 0 aromatic heterocycles. The Morgan fingerprint density at radius 3 is 2.25 bits per heavy atom. The van der Waals surface area contributed by atoms with Gasteiger partial charge in [0.1, 0.15) is 0 Å². The predicted octanol–water partition coefficient (Wildman–Crippen LogP) is 5.84. The minimum atomic E-state index is -0.457. The maximum Gasteiger partial charge on any atom is 0.163 e. The topological polar surface area (TPSA) is 18.5 Å². The minimum Gasteiger partial charge on any atom is -0.345 e. The maximum atomic E-state index is 6.18. The molecule has 1 aliphatic rings. The fraction of sp³-hybridized carbons (Fsp3) is 0.636. The Morgan fingerprint density at radius 2 is 1.58 bits per heavy atom. The van der Waals surface area contributed by atoms with Crippen LogP contribution in [0.4, 0.5) is 0 Å². The molecule has 2 rings (SSSR count). The predicted molar refractivity (Wildman–Crippen MR) is 101 cm³/mol. The van der Waals surface area contributed by atoms with Crippen molar-refractivity contribution in [2.45, 2.75) is 90.1 Å². The summed E-state index contributed by atoms with van der Waals surface area (Å²) in [4.78, 5) is 0. The molecule has 1 aromatic rings. The van der Waals surface area contributed by atoms with E-state index in [1.165, 1.54) is 43.2 Å². The highest BCUT2D eigenvalue weighted by Gasteiger charge is 2.40. The third kappa shape index (κ3) is 6.07. The molecule has 134 valence electrons. The summed E-state index contributed by atoms with van der Waals surface area (Å²) in [5.41, 5.74) is 2.63. The summed E-state index contributed by atoms with van der Waals surface area (Å²) in [7, 11) is 0. The van der Waals surface area contributed by atoms with E-state index < -0.39 is 5.79 Å². The molecule has 0 spiro atoms. The van der Waals surface area contributed by atoms with E-state index in [9.17, 15) is 0 Å². The lowest BCUT2D eigenvalue weighted by atomic mass is 9.98. The Kier molecular flexibility index (Phi) is 7.51. The molecular weight excluding hydrogens is 296 g/mol. The molecule has 0 aliphatic carbocycles. The number of unbranched alkanes of at least 4 members (excludes halogenated alkanes) is 4. The summed E-state index contributed by atoms with van der Waals surface area (Å²) in [6.45, 7) is 10.1. The average Bonchev–Trinajstić information content (AvgIpc) is 2.83. The van der Waals surface area contributed by atoms with Gasteiger partial charge < -0.3 is 9.47 Å². The highest BCUT2D eigenvalue weighted by molar-refractivity contribution is 5.24. The third-order valence-electron chi connectivity index (χ3n) is 4.72. The first-order chi connectivity index (χ1) is 11.5. The van der Waals surface area contributed by atoms with Crippen LogP contribution in [-0.2, 0) is 22.3 Å². The van der Waals surface area contributed by atoms with Gasteiger partial charge in [-0.3, -0.25) is 0 Å². The van der Waals surface area contributed by atoms with E-state index in [4.69, 9.17) is 9.47 Å². The van der Waals surface area contributed by atoms with E-state index in [0.29, 0.717) is 0 Å². The number of hydrogen-bond acceptors (Lipinski definition) is 2. The molecule has 0 saturated carbocycles. The summed E-state index contributed by atoms with van der Waals surface area (Å²) >= 11 is 0. The van der Waals surface area contributed by atoms with Gasteiger partial charge in [0.2, 0.25) is 0 Å². The summed E-state index contributed by atoms with van der Waals surface area (Å²) < 4.78 is 12.3. The first kappa shape index (κ1) is 19.2. The number of ether oxygens (including phenoxy) is 2. The van der Waals surface area contributed by atoms with Crippen molar-refractivity contribution >= 4 is 0 Å². The molecule has 0 bridgehead atoms. The fourth-order valence-electron chi connectivity index (χ4n) is 3.49. The third-order valence-corrected chi connectivity index (χ3v) is 4.72. The first-order valence-corrected chi connectivity index (χ1v) is 9.58. The number of allylic oxidation sites excluding steroid dienone is 1. The van der Waals surface area contributed by atoms with Crippen molar-refractivity contribution in [2.24, 2.45) is 0 Å². The average molecular weight is 331 g/mol. The van der Waals surface area contributed by atoms with Crippen molar-refractivity contribution < 1.29 is 9.47 Å². The molecule has 1 aliphatic heterocycles. The molecule has 1 heterocycles. The van der Waals surface area contributed by atoms with Crippen LogP contribution in [0.3, 0.4) is 0 Å². The van der Waals surface area contributed by atoms with Crippen molar-refractivity contribution in [1.82, 2.24) is 0 Å². The Bertz CT molecular complexity index is 489. The van der Waals surface area contributed by atoms with Crippen molar-refractivity contribution in [3.05, 3.63) is 48.0 Å². The molecule has 2 unspecified atom stereocenters. The van der Waals surface area contributed by atoms with Gasteiger partial charge in [0.05, 0.1) is 12.2 Å². The smallest absolute Gasteiger partial charge is 0.163 e. The van der Waals surface area contributed by atoms with Crippen LogP contribution in [0.1, 0.15) is 70.4 Å². The summed E-state index contributed by atoms with van der Waals surface area (Å²) in [6, 6.07) is 8.81. The van der Waals surface area contributed by atoms with Crippen LogP contribution >= 0.6 is 0 Å². The molecule has 2 atom stereocenters. The summed E-state index contributed by atoms with van der Waals surface area (Å²) in [6.07, 6.45) is 11.8. The van der Waals surface area contributed by atoms with Crippen LogP contribution in [-0.4, -0.2) is 18.0 Å². The van der Waals surface area contributed by atoms with Crippen molar-refractivity contribution in [2.75, 3.05) is 0 Å². The second-order valence-corrected chi connectivity index (χ2v) is 7.43. The van der Waals surface area contributed by atoms with E-state index >= 15 is 0 Å². The van der Waals surface area contributed by atoms with Gasteiger partial charge in [0.15, 0.2) is 5.79 Å². The van der Waals surface area contributed by atoms with Gasteiger partial charge >= 0.3 is 0 Å². The van der Waals surface area contributed by atoms with Crippen molar-refractivity contribution in [3.8, 4) is 0 Å². The van der Waals surface area contributed by atoms with Gasteiger partial charge in [-0.2, -0.15) is 0 Å². The minimum absolute atomic E-state index is 0.163. The molecule has 1 aromatic carbocycles. The zero-order chi connectivity index (χ0) is 17.4. The SMILES string of the molecule is C=CCc1ccc(CC2OC(C)(C)OC2CCCCCCC)cc1. The van der Waals surface area contributed by atoms with Gasteiger partial charge in [-0.15, -0.1) is 6.58 Å². The number of benzene rings is 1. The second kappa shape index (κ2) is 9.39. The Labute approximate surface area is 148 Å². The molecule has 0 N–H and O–H groups in total. The van der Waals surface area contributed by atoms with Crippen LogP contribution in [0.25, 0.3) is 0 Å². The van der Waals surface area contributed by atoms with E-state index in [-0.39, 0.29) is 12.2 Å². The van der Waals surface area contributed by atoms with Crippen LogP contribution in [0, 0.1) is 0 Å². The van der Waals surface area contributed by atoms with Crippen LogP contribution in [0.2, 0.25) is 0 Å². The van der Waals surface area contributed by atoms with E-state index in [2.05, 4.69) is 37.8 Å². The number of rotatable bonds is 10. The normalized spacial score (nSPS) is 22.6. The van der Waals surface area contributed by atoms with Crippen molar-refractivity contribution in [3.63, 3.8) is 0 Å². The van der Waals surface area contributed by atoms with Gasteiger partial charge in [-0.25, -0.2) is 0 Å². The van der Waals surface area contributed by atoms with Gasteiger partial charge in [0.25, 0.3) is 0 Å². The molecule has 2 nitrogen and oxygen atoms in total. The summed E-state index contributed by atoms with van der Waals surface area (Å²) in [5.74, 6) is -0.457. The highest BCUT2D eigenvalue weighted by atomic mass is 16.7. The number of hydrogen-bond donors (Lipinski definition) is 0. The van der Waals surface area contributed by atoms with E-state index in [0.717, 1.165) is 19.3 Å². The second-order valence-electron chi connectivity index (χ2n) is 7.43. The van der Waals surface area contributed by atoms with E-state index in [1.807, 2.05) is 19.9 Å². The molecular formula is C22H34O2. The largest absolute Gasteiger partial charge is 0.345 e. The highest BCUT2D eigenvalue weighted by Crippen LogP contribution is 2.33. The van der Waals surface area contributed by atoms with Crippen LogP contribution in [0.15, 0.2) is 36.9 Å². The lowest BCUT2D eigenvalue weighted by Crippen LogP contribution is -2.25. The molecule has 2 heteroatoms. The Morgan fingerprint density at radius 1 is 0.958 bits per heavy atom. The monoisotopic (exact) mass is 330 g/mol. The fourth-order valence-corrected chi connectivity index (χ4v) is 3.49. The standard InChI is InChI=1S/C22H34O2/c1-5-7-8-9-10-12-20-21(24-22(3,4)23-20)17-19-15-13-18(11-6-2)14-16-19/h6,13-16,20-21H,2,5,7-12,17H2,1,3-4H3. The molecule has 0 radical (unpaired) electrons. The molecule has 24 heavy (non-hydrogen) atoms. The zero-order valence-electron chi connectivity index (χ0n) is 15.7. The maximum absolute atomic E-state index is 6.18. The summed E-state index contributed by atoms with van der Waals surface area (Å²) in [5, 5.41) is 0. The van der Waals surface area contributed by atoms with Crippen molar-refractivity contribution in [1.29, 1.82) is 0 Å². The van der Waals surface area contributed by atoms with Gasteiger partial charge in [0, 0.05) is 6.42 Å². The quantitative estimate of drug-likeness (QED) is 0.396. The first-order valence-electron chi connectivity index (χ1n) is 9.58. The lowest BCUT2D eigenvalue weighted by molar-refractivity contribution is -0.146. The van der Waals surface area contributed by atoms with E-state index in [1.54, 1.807) is 0 Å². The molecule has 0 amide bonds. The van der Waals surface area contributed by atoms with Gasteiger partial charge in [-0.05, 0) is 37.8 Å². The van der Waals surface area contributed by atoms with Crippen LogP contribution in [0.5, 0.6) is 0 Å².